The second-order valence-electron chi connectivity index (χ2n) is 7.16. The zero-order valence-corrected chi connectivity index (χ0v) is 16.5. The van der Waals surface area contributed by atoms with Gasteiger partial charge in [0.2, 0.25) is 5.75 Å². The number of piperazine rings is 1. The third-order valence-electron chi connectivity index (χ3n) is 5.17. The Morgan fingerprint density at radius 2 is 1.90 bits per heavy atom. The summed E-state index contributed by atoms with van der Waals surface area (Å²) in [5.41, 5.74) is 0.761. The molecule has 30 heavy (non-hydrogen) atoms. The molecule has 158 valence electrons. The minimum atomic E-state index is -0.828. The second kappa shape index (κ2) is 9.02. The predicted molar refractivity (Wildman–Crippen MR) is 105 cm³/mol. The molecule has 0 unspecified atom stereocenters. The van der Waals surface area contributed by atoms with Crippen LogP contribution in [0, 0.1) is 21.7 Å². The van der Waals surface area contributed by atoms with Crippen molar-refractivity contribution in [2.45, 2.75) is 32.5 Å². The number of para-hydroxylation sites is 1. The number of ether oxygens (including phenoxy) is 1. The second-order valence-corrected chi connectivity index (χ2v) is 7.16. The summed E-state index contributed by atoms with van der Waals surface area (Å²) in [6.45, 7) is 4.43. The number of nitrogens with zero attached hydrogens (tertiary/aromatic N) is 3. The van der Waals surface area contributed by atoms with E-state index in [9.17, 15) is 23.7 Å². The molecule has 9 heteroatoms. The van der Waals surface area contributed by atoms with E-state index in [1.54, 1.807) is 24.0 Å². The van der Waals surface area contributed by atoms with Crippen LogP contribution in [0.1, 0.15) is 19.4 Å². The zero-order valence-electron chi connectivity index (χ0n) is 16.5. The van der Waals surface area contributed by atoms with Gasteiger partial charge in [-0.15, -0.1) is 0 Å². The Morgan fingerprint density at radius 1 is 1.20 bits per heavy atom. The van der Waals surface area contributed by atoms with Crippen molar-refractivity contribution in [3.63, 3.8) is 0 Å². The van der Waals surface area contributed by atoms with Gasteiger partial charge in [0.25, 0.3) is 0 Å². The van der Waals surface area contributed by atoms with Gasteiger partial charge in [-0.1, -0.05) is 18.2 Å². The van der Waals surface area contributed by atoms with E-state index in [2.05, 4.69) is 0 Å². The molecule has 3 rings (SSSR count). The van der Waals surface area contributed by atoms with Crippen molar-refractivity contribution in [1.29, 1.82) is 0 Å². The van der Waals surface area contributed by atoms with Crippen LogP contribution in [-0.4, -0.2) is 46.0 Å². The lowest BCUT2D eigenvalue weighted by Gasteiger charge is -2.45. The van der Waals surface area contributed by atoms with E-state index in [1.165, 1.54) is 24.3 Å². The molecule has 1 saturated heterocycles. The van der Waals surface area contributed by atoms with E-state index < -0.39 is 28.2 Å². The molecule has 2 atom stereocenters. The molecule has 0 bridgehead atoms. The fraction of sp³-hybridized carbons (Fsp3) is 0.333. The van der Waals surface area contributed by atoms with E-state index in [4.69, 9.17) is 4.74 Å². The third kappa shape index (κ3) is 4.48. The van der Waals surface area contributed by atoms with Gasteiger partial charge in [-0.05, 0) is 37.6 Å². The highest BCUT2D eigenvalue weighted by atomic mass is 19.1. The number of hydrogen-bond donors (Lipinski definition) is 0. The first kappa shape index (κ1) is 21.4. The first-order valence-corrected chi connectivity index (χ1v) is 9.37. The molecule has 0 radical (unpaired) electrons. The molecule has 1 heterocycles. The van der Waals surface area contributed by atoms with Crippen molar-refractivity contribution in [2.75, 3.05) is 13.3 Å². The van der Waals surface area contributed by atoms with Crippen molar-refractivity contribution in [3.8, 4) is 5.75 Å². The molecule has 7 nitrogen and oxygen atoms in total. The Kier molecular flexibility index (Phi) is 6.44. The molecule has 2 aromatic carbocycles. The topological polar surface area (TPSA) is 75.9 Å². The van der Waals surface area contributed by atoms with E-state index in [0.717, 1.165) is 11.6 Å². The molecule has 1 aliphatic rings. The van der Waals surface area contributed by atoms with Crippen LogP contribution in [0.15, 0.2) is 48.2 Å². The minimum absolute atomic E-state index is 0.123. The highest BCUT2D eigenvalue weighted by molar-refractivity contribution is 5.54. The lowest BCUT2D eigenvalue weighted by molar-refractivity contribution is -0.386. The quantitative estimate of drug-likeness (QED) is 0.407. The summed E-state index contributed by atoms with van der Waals surface area (Å²) in [5, 5.41) is 11.1. The molecule has 0 aromatic heterocycles. The largest absolute Gasteiger partial charge is 0.469 e. The standard InChI is InChI=1S/C21H21F2N3O4/c1-14-10-24(13-30-21-18(23)4-3-5-19(21)26(28)29)15(2)20(12-27)25(14)11-16-6-8-17(22)9-7-16/h3-9,14-15H,10-11,13H2,1-2H3/t14-,15+/m0/s1. The highest BCUT2D eigenvalue weighted by Crippen LogP contribution is 2.31. The Labute approximate surface area is 172 Å². The summed E-state index contributed by atoms with van der Waals surface area (Å²) < 4.78 is 32.7. The van der Waals surface area contributed by atoms with Gasteiger partial charge in [0.05, 0.1) is 11.0 Å². The normalized spacial score (nSPS) is 19.5. The van der Waals surface area contributed by atoms with Crippen LogP contribution in [0.25, 0.3) is 0 Å². The summed E-state index contributed by atoms with van der Waals surface area (Å²) in [7, 11) is 0. The molecule has 1 aliphatic heterocycles. The summed E-state index contributed by atoms with van der Waals surface area (Å²) >= 11 is 0. The lowest BCUT2D eigenvalue weighted by atomic mass is 10.0. The predicted octanol–water partition coefficient (Wildman–Crippen LogP) is 3.52. The number of nitro benzene ring substituents is 1. The van der Waals surface area contributed by atoms with Gasteiger partial charge >= 0.3 is 5.69 Å². The Balaban J connectivity index is 1.75. The van der Waals surface area contributed by atoms with E-state index in [1.807, 2.05) is 17.8 Å². The maximum atomic E-state index is 14.1. The van der Waals surface area contributed by atoms with Gasteiger partial charge in [0.1, 0.15) is 24.2 Å². The average molecular weight is 417 g/mol. The van der Waals surface area contributed by atoms with Crippen LogP contribution in [0.2, 0.25) is 0 Å². The fourth-order valence-corrected chi connectivity index (χ4v) is 3.51. The molecule has 0 aliphatic carbocycles. The molecule has 0 amide bonds. The SMILES string of the molecule is C[C@@H]1C(=C=O)N(Cc2ccc(F)cc2)[C@@H](C)CN1COc1c(F)cccc1[N+](=O)[O-]. The number of nitro groups is 1. The van der Waals surface area contributed by atoms with Gasteiger partial charge in [-0.2, -0.15) is 0 Å². The van der Waals surface area contributed by atoms with Crippen molar-refractivity contribution in [2.24, 2.45) is 0 Å². The van der Waals surface area contributed by atoms with Crippen LogP contribution in [0.3, 0.4) is 0 Å². The smallest absolute Gasteiger partial charge is 0.314 e. The van der Waals surface area contributed by atoms with Crippen molar-refractivity contribution < 1.29 is 23.2 Å². The molecular weight excluding hydrogens is 396 g/mol. The molecule has 1 fully saturated rings. The van der Waals surface area contributed by atoms with Gasteiger partial charge in [-0.3, -0.25) is 15.0 Å². The first-order valence-electron chi connectivity index (χ1n) is 9.37. The maximum absolute atomic E-state index is 14.1. The van der Waals surface area contributed by atoms with Crippen molar-refractivity contribution in [3.05, 3.63) is 75.5 Å². The van der Waals surface area contributed by atoms with Crippen LogP contribution < -0.4 is 4.74 Å². The minimum Gasteiger partial charge on any atom is -0.469 e. The van der Waals surface area contributed by atoms with Gasteiger partial charge < -0.3 is 9.64 Å². The zero-order chi connectivity index (χ0) is 21.8. The van der Waals surface area contributed by atoms with E-state index >= 15 is 0 Å². The average Bonchev–Trinajstić information content (AvgIpc) is 2.71. The summed E-state index contributed by atoms with van der Waals surface area (Å²) in [5.74, 6) is 0.371. The number of rotatable bonds is 6. The Bertz CT molecular complexity index is 977. The van der Waals surface area contributed by atoms with Crippen LogP contribution in [-0.2, 0) is 11.3 Å². The van der Waals surface area contributed by atoms with E-state index in [-0.39, 0.29) is 18.6 Å². The van der Waals surface area contributed by atoms with Crippen LogP contribution >= 0.6 is 0 Å². The Morgan fingerprint density at radius 3 is 2.53 bits per heavy atom. The summed E-state index contributed by atoms with van der Waals surface area (Å²) in [4.78, 5) is 25.8. The summed E-state index contributed by atoms with van der Waals surface area (Å²) in [6.07, 6.45) is 0. The first-order chi connectivity index (χ1) is 14.3. The highest BCUT2D eigenvalue weighted by Gasteiger charge is 2.34. The monoisotopic (exact) mass is 417 g/mol. The molecule has 2 aromatic rings. The van der Waals surface area contributed by atoms with Crippen LogP contribution in [0.5, 0.6) is 5.75 Å². The lowest BCUT2D eigenvalue weighted by Crippen LogP contribution is -2.55. The van der Waals surface area contributed by atoms with Crippen molar-refractivity contribution in [1.82, 2.24) is 9.80 Å². The number of hydrogen-bond acceptors (Lipinski definition) is 6. The van der Waals surface area contributed by atoms with Crippen molar-refractivity contribution >= 4 is 11.6 Å². The number of carbonyl (C=O) groups excluding carboxylic acids is 1. The number of halogens is 2. The van der Waals surface area contributed by atoms with Gasteiger partial charge in [-0.25, -0.2) is 13.6 Å². The number of benzene rings is 2. The molecule has 0 saturated carbocycles. The third-order valence-corrected chi connectivity index (χ3v) is 5.17. The molecule has 0 spiro atoms. The van der Waals surface area contributed by atoms with Gasteiger partial charge in [0, 0.05) is 25.2 Å². The van der Waals surface area contributed by atoms with Crippen LogP contribution in [0.4, 0.5) is 14.5 Å². The molecular formula is C21H21F2N3O4. The van der Waals surface area contributed by atoms with E-state index in [0.29, 0.717) is 18.8 Å². The fourth-order valence-electron chi connectivity index (χ4n) is 3.51. The maximum Gasteiger partial charge on any atom is 0.314 e. The molecule has 0 N–H and O–H groups in total. The Hall–Kier alpha value is -3.29. The summed E-state index contributed by atoms with van der Waals surface area (Å²) in [6, 6.07) is 8.99. The van der Waals surface area contributed by atoms with Gasteiger partial charge in [0.15, 0.2) is 5.82 Å².